The molecule has 0 fully saturated rings. The molecule has 1 aromatic rings. The summed E-state index contributed by atoms with van der Waals surface area (Å²) >= 11 is 1.54. The first kappa shape index (κ1) is 17.0. The maximum atomic E-state index is 11.8. The van der Waals surface area contributed by atoms with E-state index in [1.165, 1.54) is 11.8 Å². The molecule has 1 N–H and O–H groups in total. The van der Waals surface area contributed by atoms with Gasteiger partial charge >= 0.3 is 0 Å². The number of para-hydroxylation sites is 1. The molecule has 0 radical (unpaired) electrons. The Labute approximate surface area is 125 Å². The van der Waals surface area contributed by atoms with Crippen molar-refractivity contribution in [3.05, 3.63) is 24.3 Å². The molecule has 1 amide bonds. The van der Waals surface area contributed by atoms with Crippen molar-refractivity contribution in [2.45, 2.75) is 25.2 Å². The normalized spacial score (nSPS) is 11.6. The summed E-state index contributed by atoms with van der Waals surface area (Å²) in [5.74, 6) is -0.153. The highest BCUT2D eigenvalue weighted by Crippen LogP contribution is 2.24. The van der Waals surface area contributed by atoms with Gasteiger partial charge in [-0.25, -0.2) is 8.42 Å². The van der Waals surface area contributed by atoms with E-state index in [4.69, 9.17) is 0 Å². The SMILES string of the molecule is CSc1ccccc1NC(=O)CCS(=O)(=O)CC(C)C. The van der Waals surface area contributed by atoms with Gasteiger partial charge in [0.25, 0.3) is 0 Å². The molecule has 1 rings (SSSR count). The molecule has 0 aliphatic rings. The number of hydrogen-bond donors (Lipinski definition) is 1. The summed E-state index contributed by atoms with van der Waals surface area (Å²) in [6.07, 6.45) is 1.93. The zero-order valence-corrected chi connectivity index (χ0v) is 13.7. The van der Waals surface area contributed by atoms with Crippen LogP contribution in [0.4, 0.5) is 5.69 Å². The third kappa shape index (κ3) is 5.96. The highest BCUT2D eigenvalue weighted by Gasteiger charge is 2.15. The van der Waals surface area contributed by atoms with Crippen molar-refractivity contribution in [3.63, 3.8) is 0 Å². The van der Waals surface area contributed by atoms with Crippen molar-refractivity contribution >= 4 is 33.2 Å². The zero-order chi connectivity index (χ0) is 15.2. The monoisotopic (exact) mass is 315 g/mol. The molecule has 0 aliphatic carbocycles. The fourth-order valence-electron chi connectivity index (χ4n) is 1.80. The van der Waals surface area contributed by atoms with E-state index in [1.54, 1.807) is 0 Å². The van der Waals surface area contributed by atoms with E-state index in [2.05, 4.69) is 5.32 Å². The first-order valence-electron chi connectivity index (χ1n) is 6.47. The van der Waals surface area contributed by atoms with Gasteiger partial charge in [0, 0.05) is 11.3 Å². The Bertz CT molecular complexity index is 553. The van der Waals surface area contributed by atoms with Crippen LogP contribution < -0.4 is 5.32 Å². The van der Waals surface area contributed by atoms with Crippen molar-refractivity contribution in [3.8, 4) is 0 Å². The van der Waals surface area contributed by atoms with Crippen LogP contribution in [0.25, 0.3) is 0 Å². The first-order chi connectivity index (χ1) is 9.34. The van der Waals surface area contributed by atoms with E-state index >= 15 is 0 Å². The highest BCUT2D eigenvalue weighted by atomic mass is 32.2. The molecule has 0 aliphatic heterocycles. The average molecular weight is 315 g/mol. The van der Waals surface area contributed by atoms with Crippen molar-refractivity contribution in [1.82, 2.24) is 0 Å². The van der Waals surface area contributed by atoms with Crippen LogP contribution >= 0.6 is 11.8 Å². The van der Waals surface area contributed by atoms with Gasteiger partial charge in [-0.3, -0.25) is 4.79 Å². The van der Waals surface area contributed by atoms with Crippen molar-refractivity contribution in [1.29, 1.82) is 0 Å². The first-order valence-corrected chi connectivity index (χ1v) is 9.52. The number of sulfone groups is 1. The summed E-state index contributed by atoms with van der Waals surface area (Å²) in [5, 5.41) is 2.76. The molecule has 0 heterocycles. The predicted molar refractivity (Wildman–Crippen MR) is 85.0 cm³/mol. The van der Waals surface area contributed by atoms with Crippen molar-refractivity contribution < 1.29 is 13.2 Å². The van der Waals surface area contributed by atoms with E-state index in [-0.39, 0.29) is 29.8 Å². The predicted octanol–water partition coefficient (Wildman–Crippen LogP) is 2.81. The second kappa shape index (κ2) is 7.69. The van der Waals surface area contributed by atoms with Crippen LogP contribution in [0, 0.1) is 5.92 Å². The minimum absolute atomic E-state index is 0.00221. The minimum Gasteiger partial charge on any atom is -0.325 e. The number of benzene rings is 1. The van der Waals surface area contributed by atoms with Crippen LogP contribution in [0.1, 0.15) is 20.3 Å². The van der Waals surface area contributed by atoms with E-state index in [0.29, 0.717) is 0 Å². The fraction of sp³-hybridized carbons (Fsp3) is 0.500. The Kier molecular flexibility index (Phi) is 6.55. The molecule has 6 heteroatoms. The summed E-state index contributed by atoms with van der Waals surface area (Å²) in [4.78, 5) is 12.8. The molecule has 4 nitrogen and oxygen atoms in total. The topological polar surface area (TPSA) is 63.2 Å². The number of amides is 1. The second-order valence-electron chi connectivity index (χ2n) is 5.01. The Balaban J connectivity index is 2.56. The summed E-state index contributed by atoms with van der Waals surface area (Å²) in [7, 11) is -3.15. The van der Waals surface area contributed by atoms with Gasteiger partial charge in [-0.1, -0.05) is 26.0 Å². The van der Waals surface area contributed by atoms with Crippen LogP contribution in [0.5, 0.6) is 0 Å². The van der Waals surface area contributed by atoms with Gasteiger partial charge in [0.1, 0.15) is 0 Å². The molecule has 0 saturated carbocycles. The third-order valence-corrected chi connectivity index (χ3v) is 5.40. The number of rotatable bonds is 7. The number of hydrogen-bond acceptors (Lipinski definition) is 4. The molecular weight excluding hydrogens is 294 g/mol. The van der Waals surface area contributed by atoms with Gasteiger partial charge in [-0.05, 0) is 24.3 Å². The Morgan fingerprint density at radius 2 is 1.95 bits per heavy atom. The van der Waals surface area contributed by atoms with Crippen LogP contribution in [0.2, 0.25) is 0 Å². The molecule has 0 bridgehead atoms. The smallest absolute Gasteiger partial charge is 0.225 e. The van der Waals surface area contributed by atoms with Crippen LogP contribution in [-0.4, -0.2) is 32.1 Å². The maximum absolute atomic E-state index is 11.8. The van der Waals surface area contributed by atoms with E-state index in [1.807, 2.05) is 44.4 Å². The van der Waals surface area contributed by atoms with Gasteiger partial charge in [0.05, 0.1) is 17.2 Å². The number of anilines is 1. The van der Waals surface area contributed by atoms with E-state index in [0.717, 1.165) is 10.6 Å². The highest BCUT2D eigenvalue weighted by molar-refractivity contribution is 7.98. The number of nitrogens with one attached hydrogen (secondary N) is 1. The van der Waals surface area contributed by atoms with Crippen LogP contribution in [0.3, 0.4) is 0 Å². The summed E-state index contributed by atoms with van der Waals surface area (Å²) in [6.45, 7) is 3.71. The summed E-state index contributed by atoms with van der Waals surface area (Å²) < 4.78 is 23.5. The number of carbonyl (C=O) groups excluding carboxylic acids is 1. The lowest BCUT2D eigenvalue weighted by Gasteiger charge is -2.10. The van der Waals surface area contributed by atoms with Crippen LogP contribution in [0.15, 0.2) is 29.2 Å². The zero-order valence-electron chi connectivity index (χ0n) is 12.0. The molecule has 0 saturated heterocycles. The molecule has 1 aromatic carbocycles. The molecule has 0 spiro atoms. The molecule has 112 valence electrons. The van der Waals surface area contributed by atoms with Gasteiger partial charge < -0.3 is 5.32 Å². The van der Waals surface area contributed by atoms with Gasteiger partial charge in [-0.15, -0.1) is 11.8 Å². The van der Waals surface area contributed by atoms with Gasteiger partial charge in [0.15, 0.2) is 9.84 Å². The summed E-state index contributed by atoms with van der Waals surface area (Å²) in [5.41, 5.74) is 0.728. The lowest BCUT2D eigenvalue weighted by Crippen LogP contribution is -2.21. The molecule has 0 aromatic heterocycles. The van der Waals surface area contributed by atoms with Gasteiger partial charge in [-0.2, -0.15) is 0 Å². The van der Waals surface area contributed by atoms with Gasteiger partial charge in [0.2, 0.25) is 5.91 Å². The Morgan fingerprint density at radius 1 is 1.30 bits per heavy atom. The Hall–Kier alpha value is -1.01. The van der Waals surface area contributed by atoms with Crippen molar-refractivity contribution in [2.75, 3.05) is 23.1 Å². The number of carbonyl (C=O) groups is 1. The van der Waals surface area contributed by atoms with E-state index in [9.17, 15) is 13.2 Å². The van der Waals surface area contributed by atoms with Crippen LogP contribution in [-0.2, 0) is 14.6 Å². The third-order valence-electron chi connectivity index (χ3n) is 2.61. The average Bonchev–Trinajstić information content (AvgIpc) is 2.36. The lowest BCUT2D eigenvalue weighted by molar-refractivity contribution is -0.115. The lowest BCUT2D eigenvalue weighted by atomic mass is 10.3. The Morgan fingerprint density at radius 3 is 2.55 bits per heavy atom. The van der Waals surface area contributed by atoms with Crippen molar-refractivity contribution in [2.24, 2.45) is 5.92 Å². The minimum atomic E-state index is -3.15. The molecule has 20 heavy (non-hydrogen) atoms. The maximum Gasteiger partial charge on any atom is 0.225 e. The molecular formula is C14H21NO3S2. The largest absolute Gasteiger partial charge is 0.325 e. The second-order valence-corrected chi connectivity index (χ2v) is 8.08. The van der Waals surface area contributed by atoms with E-state index < -0.39 is 9.84 Å². The molecule has 0 atom stereocenters. The quantitative estimate of drug-likeness (QED) is 0.786. The fourth-order valence-corrected chi connectivity index (χ4v) is 4.03. The summed E-state index contributed by atoms with van der Waals surface area (Å²) in [6, 6.07) is 7.46. The molecule has 0 unspecified atom stereocenters. The standard InChI is InChI=1S/C14H21NO3S2/c1-11(2)10-20(17,18)9-8-14(16)15-12-6-4-5-7-13(12)19-3/h4-7,11H,8-10H2,1-3H3,(H,15,16). The number of thioether (sulfide) groups is 1.